The zero-order valence-corrected chi connectivity index (χ0v) is 10.2. The lowest BCUT2D eigenvalue weighted by Crippen LogP contribution is -2.50. The summed E-state index contributed by atoms with van der Waals surface area (Å²) in [6, 6.07) is 0.520. The molecule has 3 saturated carbocycles. The Hall–Kier alpha value is -0.530. The molecule has 3 aliphatic rings. The molecule has 1 amide bonds. The highest BCUT2D eigenvalue weighted by Gasteiger charge is 2.47. The Morgan fingerprint density at radius 1 is 1.00 bits per heavy atom. The summed E-state index contributed by atoms with van der Waals surface area (Å²) in [5, 5.41) is 3.29. The van der Waals surface area contributed by atoms with Crippen molar-refractivity contribution >= 4 is 5.91 Å². The molecule has 2 heteroatoms. The van der Waals surface area contributed by atoms with Crippen molar-refractivity contribution in [3.05, 3.63) is 0 Å². The van der Waals surface area contributed by atoms with Gasteiger partial charge in [-0.1, -0.05) is 25.7 Å². The second-order valence-corrected chi connectivity index (χ2v) is 6.17. The van der Waals surface area contributed by atoms with E-state index >= 15 is 0 Å². The maximum Gasteiger partial charge on any atom is 0.217 e. The molecule has 1 N–H and O–H groups in total. The van der Waals surface area contributed by atoms with Crippen LogP contribution in [0.1, 0.15) is 51.9 Å². The molecule has 0 bridgehead atoms. The van der Waals surface area contributed by atoms with Crippen molar-refractivity contribution < 1.29 is 4.79 Å². The van der Waals surface area contributed by atoms with Gasteiger partial charge < -0.3 is 5.32 Å². The summed E-state index contributed by atoms with van der Waals surface area (Å²) in [5.74, 6) is 3.65. The maximum absolute atomic E-state index is 11.4. The van der Waals surface area contributed by atoms with Gasteiger partial charge in [-0.2, -0.15) is 0 Å². The molecular weight excluding hydrogens is 198 g/mol. The smallest absolute Gasteiger partial charge is 0.217 e. The van der Waals surface area contributed by atoms with Gasteiger partial charge in [0.25, 0.3) is 0 Å². The molecule has 0 aromatic heterocycles. The molecule has 2 nitrogen and oxygen atoms in total. The number of carbonyl (C=O) groups excluding carboxylic acids is 1. The molecule has 0 aromatic rings. The SMILES string of the molecule is CC(=O)NC1C2CCCC2CC2CCCC21. The van der Waals surface area contributed by atoms with E-state index in [4.69, 9.17) is 0 Å². The molecule has 3 fully saturated rings. The Kier molecular flexibility index (Phi) is 2.68. The van der Waals surface area contributed by atoms with E-state index in [0.29, 0.717) is 6.04 Å². The average Bonchev–Trinajstić information content (AvgIpc) is 2.83. The van der Waals surface area contributed by atoms with Crippen molar-refractivity contribution in [2.75, 3.05) is 0 Å². The number of hydrogen-bond donors (Lipinski definition) is 1. The van der Waals surface area contributed by atoms with Gasteiger partial charge in [-0.15, -0.1) is 0 Å². The summed E-state index contributed by atoms with van der Waals surface area (Å²) < 4.78 is 0. The highest BCUT2D eigenvalue weighted by molar-refractivity contribution is 5.73. The largest absolute Gasteiger partial charge is 0.353 e. The van der Waals surface area contributed by atoms with E-state index in [0.717, 1.165) is 23.7 Å². The van der Waals surface area contributed by atoms with Gasteiger partial charge >= 0.3 is 0 Å². The Bertz CT molecular complexity index is 268. The molecule has 90 valence electrons. The van der Waals surface area contributed by atoms with Gasteiger partial charge in [-0.05, 0) is 42.9 Å². The van der Waals surface area contributed by atoms with Gasteiger partial charge in [0.1, 0.15) is 0 Å². The maximum atomic E-state index is 11.4. The topological polar surface area (TPSA) is 29.1 Å². The van der Waals surface area contributed by atoms with Crippen molar-refractivity contribution in [3.63, 3.8) is 0 Å². The molecule has 4 atom stereocenters. The minimum atomic E-state index is 0.184. The molecule has 0 aliphatic heterocycles. The summed E-state index contributed by atoms with van der Waals surface area (Å²) in [4.78, 5) is 11.4. The molecule has 16 heavy (non-hydrogen) atoms. The van der Waals surface area contributed by atoms with E-state index in [-0.39, 0.29) is 5.91 Å². The van der Waals surface area contributed by atoms with E-state index in [1.165, 1.54) is 44.9 Å². The lowest BCUT2D eigenvalue weighted by molar-refractivity contribution is -0.121. The molecular formula is C14H23NO. The molecule has 4 unspecified atom stereocenters. The Balaban J connectivity index is 1.81. The zero-order valence-electron chi connectivity index (χ0n) is 10.2. The summed E-state index contributed by atoms with van der Waals surface area (Å²) >= 11 is 0. The van der Waals surface area contributed by atoms with E-state index in [1.807, 2.05) is 0 Å². The van der Waals surface area contributed by atoms with Crippen LogP contribution >= 0.6 is 0 Å². The summed E-state index contributed by atoms with van der Waals surface area (Å²) in [6.07, 6.45) is 9.81. The van der Waals surface area contributed by atoms with Gasteiger partial charge in [0, 0.05) is 13.0 Å². The Morgan fingerprint density at radius 2 is 1.56 bits per heavy atom. The summed E-state index contributed by atoms with van der Waals surface area (Å²) in [7, 11) is 0. The number of amides is 1. The quantitative estimate of drug-likeness (QED) is 0.724. The molecule has 0 aromatic carbocycles. The lowest BCUT2D eigenvalue weighted by atomic mass is 9.67. The first kappa shape index (κ1) is 10.6. The van der Waals surface area contributed by atoms with Crippen LogP contribution in [0.5, 0.6) is 0 Å². The number of rotatable bonds is 1. The summed E-state index contributed by atoms with van der Waals surface area (Å²) in [6.45, 7) is 1.68. The zero-order chi connectivity index (χ0) is 11.1. The standard InChI is InChI=1S/C14H23NO/c1-9(16)15-14-12-6-2-4-10(12)8-11-5-3-7-13(11)14/h10-14H,2-8H2,1H3,(H,15,16). The van der Waals surface area contributed by atoms with Crippen LogP contribution in [0.3, 0.4) is 0 Å². The van der Waals surface area contributed by atoms with Crippen molar-refractivity contribution in [1.82, 2.24) is 5.32 Å². The van der Waals surface area contributed by atoms with Gasteiger partial charge in [0.05, 0.1) is 0 Å². The van der Waals surface area contributed by atoms with Crippen LogP contribution in [0.4, 0.5) is 0 Å². The van der Waals surface area contributed by atoms with Crippen LogP contribution in [0.25, 0.3) is 0 Å². The minimum absolute atomic E-state index is 0.184. The fraction of sp³-hybridized carbons (Fsp3) is 0.929. The first-order valence-electron chi connectivity index (χ1n) is 7.03. The second-order valence-electron chi connectivity index (χ2n) is 6.17. The van der Waals surface area contributed by atoms with Gasteiger partial charge in [-0.3, -0.25) is 4.79 Å². The lowest BCUT2D eigenvalue weighted by Gasteiger charge is -2.42. The molecule has 0 radical (unpaired) electrons. The van der Waals surface area contributed by atoms with E-state index in [9.17, 15) is 4.79 Å². The Morgan fingerprint density at radius 3 is 2.06 bits per heavy atom. The van der Waals surface area contributed by atoms with Crippen LogP contribution in [-0.2, 0) is 4.79 Å². The third-order valence-electron chi connectivity index (χ3n) is 5.33. The summed E-state index contributed by atoms with van der Waals surface area (Å²) in [5.41, 5.74) is 0. The van der Waals surface area contributed by atoms with Crippen molar-refractivity contribution in [2.24, 2.45) is 23.7 Å². The second kappa shape index (κ2) is 4.05. The van der Waals surface area contributed by atoms with Gasteiger partial charge in [0.15, 0.2) is 0 Å². The number of fused-ring (bicyclic) bond motifs is 2. The fourth-order valence-electron chi connectivity index (χ4n) is 4.82. The molecule has 0 spiro atoms. The van der Waals surface area contributed by atoms with Crippen LogP contribution in [0.15, 0.2) is 0 Å². The van der Waals surface area contributed by atoms with Crippen LogP contribution in [0.2, 0.25) is 0 Å². The van der Waals surface area contributed by atoms with E-state index in [1.54, 1.807) is 6.92 Å². The first-order valence-corrected chi connectivity index (χ1v) is 7.03. The van der Waals surface area contributed by atoms with Crippen LogP contribution in [0, 0.1) is 23.7 Å². The third-order valence-corrected chi connectivity index (χ3v) is 5.33. The fourth-order valence-corrected chi connectivity index (χ4v) is 4.82. The highest BCUT2D eigenvalue weighted by atomic mass is 16.1. The monoisotopic (exact) mass is 221 g/mol. The van der Waals surface area contributed by atoms with Crippen LogP contribution in [-0.4, -0.2) is 11.9 Å². The van der Waals surface area contributed by atoms with Crippen LogP contribution < -0.4 is 5.32 Å². The molecule has 3 rings (SSSR count). The van der Waals surface area contributed by atoms with E-state index in [2.05, 4.69) is 5.32 Å². The number of carbonyl (C=O) groups is 1. The highest BCUT2D eigenvalue weighted by Crippen LogP contribution is 2.52. The average molecular weight is 221 g/mol. The molecule has 0 saturated heterocycles. The minimum Gasteiger partial charge on any atom is -0.353 e. The molecule has 0 heterocycles. The third kappa shape index (κ3) is 1.66. The molecule has 3 aliphatic carbocycles. The van der Waals surface area contributed by atoms with E-state index < -0.39 is 0 Å². The Labute approximate surface area is 98.2 Å². The number of nitrogens with one attached hydrogen (secondary N) is 1. The number of hydrogen-bond acceptors (Lipinski definition) is 1. The predicted molar refractivity (Wildman–Crippen MR) is 63.9 cm³/mol. The first-order chi connectivity index (χ1) is 7.75. The normalized spacial score (nSPS) is 46.2. The van der Waals surface area contributed by atoms with Gasteiger partial charge in [-0.25, -0.2) is 0 Å². The van der Waals surface area contributed by atoms with Gasteiger partial charge in [0.2, 0.25) is 5.91 Å². The van der Waals surface area contributed by atoms with Crippen molar-refractivity contribution in [1.29, 1.82) is 0 Å². The van der Waals surface area contributed by atoms with Crippen molar-refractivity contribution in [3.8, 4) is 0 Å². The van der Waals surface area contributed by atoms with Crippen molar-refractivity contribution in [2.45, 2.75) is 57.9 Å². The predicted octanol–water partition coefficient (Wildman–Crippen LogP) is 2.73.